The summed E-state index contributed by atoms with van der Waals surface area (Å²) in [4.78, 5) is 0. The zero-order chi connectivity index (χ0) is 18.6. The standard InChI is InChI=1S/C21H36O4S/c1-4-14-13-15(25-26)5-8-19(14,2)16-6-9-20(3)17(18(16)22)7-10-21(20)23-11-12-24-21/h14-18,22,26H,4-13H2,1-3H3/t14-,15-,16?,17?,18+,19-,20-/m0/s1. The third kappa shape index (κ3) is 2.64. The highest BCUT2D eigenvalue weighted by Gasteiger charge is 2.66. The molecule has 4 nitrogen and oxygen atoms in total. The summed E-state index contributed by atoms with van der Waals surface area (Å²) in [5, 5.41) is 11.5. The number of thiol groups is 1. The first kappa shape index (κ1) is 19.5. The molecule has 1 saturated heterocycles. The van der Waals surface area contributed by atoms with Crippen LogP contribution in [0.3, 0.4) is 0 Å². The van der Waals surface area contributed by atoms with Gasteiger partial charge in [0.15, 0.2) is 5.79 Å². The molecule has 26 heavy (non-hydrogen) atoms. The van der Waals surface area contributed by atoms with Gasteiger partial charge in [-0.1, -0.05) is 27.2 Å². The summed E-state index contributed by atoms with van der Waals surface area (Å²) < 4.78 is 17.7. The van der Waals surface area contributed by atoms with Gasteiger partial charge in [0.1, 0.15) is 0 Å². The van der Waals surface area contributed by atoms with Gasteiger partial charge in [-0.25, -0.2) is 0 Å². The number of hydrogen-bond donors (Lipinski definition) is 2. The molecule has 0 bridgehead atoms. The van der Waals surface area contributed by atoms with Crippen molar-refractivity contribution < 1.29 is 18.8 Å². The summed E-state index contributed by atoms with van der Waals surface area (Å²) in [5.74, 6) is 0.800. The lowest BCUT2D eigenvalue weighted by atomic mass is 9.51. The maximum Gasteiger partial charge on any atom is 0.174 e. The molecule has 3 saturated carbocycles. The van der Waals surface area contributed by atoms with Crippen molar-refractivity contribution in [2.75, 3.05) is 13.2 Å². The molecule has 4 aliphatic rings. The third-order valence-corrected chi connectivity index (χ3v) is 9.30. The van der Waals surface area contributed by atoms with Gasteiger partial charge in [0, 0.05) is 11.8 Å². The second-order valence-electron chi connectivity index (χ2n) is 9.76. The van der Waals surface area contributed by atoms with Crippen LogP contribution in [-0.2, 0) is 13.7 Å². The Morgan fingerprint density at radius 3 is 2.38 bits per heavy atom. The second kappa shape index (κ2) is 6.91. The second-order valence-corrected chi connectivity index (χ2v) is 9.97. The molecule has 0 aromatic rings. The molecule has 5 heteroatoms. The van der Waals surface area contributed by atoms with E-state index < -0.39 is 5.79 Å². The third-order valence-electron chi connectivity index (χ3n) is 9.00. The molecule has 1 aliphatic heterocycles. The fourth-order valence-electron chi connectivity index (χ4n) is 7.31. The van der Waals surface area contributed by atoms with Crippen molar-refractivity contribution in [3.8, 4) is 0 Å². The van der Waals surface area contributed by atoms with Gasteiger partial charge in [-0.05, 0) is 74.6 Å². The summed E-state index contributed by atoms with van der Waals surface area (Å²) >= 11 is 4.07. The minimum Gasteiger partial charge on any atom is -0.393 e. The highest BCUT2D eigenvalue weighted by atomic mass is 32.1. The summed E-state index contributed by atoms with van der Waals surface area (Å²) in [6.45, 7) is 8.42. The Balaban J connectivity index is 1.57. The van der Waals surface area contributed by atoms with Crippen molar-refractivity contribution in [3.05, 3.63) is 0 Å². The van der Waals surface area contributed by atoms with Gasteiger partial charge in [-0.3, -0.25) is 0 Å². The quantitative estimate of drug-likeness (QED) is 0.560. The van der Waals surface area contributed by atoms with E-state index in [-0.39, 0.29) is 29.0 Å². The van der Waals surface area contributed by atoms with Crippen molar-refractivity contribution >= 4 is 12.9 Å². The first-order valence-electron chi connectivity index (χ1n) is 10.7. The highest BCUT2D eigenvalue weighted by molar-refractivity contribution is 7.75. The molecular weight excluding hydrogens is 348 g/mol. The fraction of sp³-hybridized carbons (Fsp3) is 1.00. The Morgan fingerprint density at radius 1 is 1.04 bits per heavy atom. The predicted molar refractivity (Wildman–Crippen MR) is 104 cm³/mol. The normalized spacial score (nSPS) is 50.9. The number of rotatable bonds is 3. The van der Waals surface area contributed by atoms with Crippen LogP contribution in [0.2, 0.25) is 0 Å². The van der Waals surface area contributed by atoms with Crippen LogP contribution in [0.1, 0.15) is 72.1 Å². The predicted octanol–water partition coefficient (Wildman–Crippen LogP) is 4.36. The topological polar surface area (TPSA) is 47.9 Å². The van der Waals surface area contributed by atoms with Crippen LogP contribution >= 0.6 is 12.9 Å². The molecule has 1 N–H and O–H groups in total. The summed E-state index contributed by atoms with van der Waals surface area (Å²) in [5.41, 5.74) is 0.133. The molecule has 0 amide bonds. The SMILES string of the molecule is CC[C@H]1C[C@@H](OS)CC[C@]1(C)C1CC[C@@]2(C)C(CCC23OCCO3)[C@@H]1O. The molecule has 1 spiro atoms. The summed E-state index contributed by atoms with van der Waals surface area (Å²) in [6.07, 6.45) is 8.51. The zero-order valence-electron chi connectivity index (χ0n) is 16.6. The molecule has 150 valence electrons. The van der Waals surface area contributed by atoms with Crippen LogP contribution in [0.15, 0.2) is 0 Å². The maximum atomic E-state index is 11.5. The van der Waals surface area contributed by atoms with Gasteiger partial charge < -0.3 is 18.8 Å². The first-order valence-corrected chi connectivity index (χ1v) is 11.0. The van der Waals surface area contributed by atoms with Gasteiger partial charge in [-0.15, -0.1) is 0 Å². The van der Waals surface area contributed by atoms with E-state index in [9.17, 15) is 5.11 Å². The molecule has 0 aromatic heterocycles. The summed E-state index contributed by atoms with van der Waals surface area (Å²) in [7, 11) is 0. The van der Waals surface area contributed by atoms with Gasteiger partial charge in [-0.2, -0.15) is 0 Å². The summed E-state index contributed by atoms with van der Waals surface area (Å²) in [6, 6.07) is 0. The molecule has 0 radical (unpaired) electrons. The van der Waals surface area contributed by atoms with E-state index in [1.807, 2.05) is 0 Å². The molecule has 2 unspecified atom stereocenters. The molecule has 7 atom stereocenters. The molecule has 4 rings (SSSR count). The van der Waals surface area contributed by atoms with E-state index in [1.54, 1.807) is 0 Å². The number of fused-ring (bicyclic) bond motifs is 2. The molecule has 3 aliphatic carbocycles. The highest BCUT2D eigenvalue weighted by Crippen LogP contribution is 2.65. The van der Waals surface area contributed by atoms with Crippen molar-refractivity contribution in [1.29, 1.82) is 0 Å². The van der Waals surface area contributed by atoms with Crippen LogP contribution in [0.5, 0.6) is 0 Å². The van der Waals surface area contributed by atoms with Gasteiger partial charge >= 0.3 is 0 Å². The minimum atomic E-state index is -0.438. The van der Waals surface area contributed by atoms with Crippen molar-refractivity contribution in [3.63, 3.8) is 0 Å². The van der Waals surface area contributed by atoms with E-state index in [0.717, 1.165) is 51.4 Å². The fourth-order valence-corrected chi connectivity index (χ4v) is 7.50. The van der Waals surface area contributed by atoms with E-state index in [4.69, 9.17) is 13.7 Å². The van der Waals surface area contributed by atoms with Crippen LogP contribution in [0, 0.1) is 28.6 Å². The Hall–Kier alpha value is 0.190. The van der Waals surface area contributed by atoms with Crippen molar-refractivity contribution in [2.45, 2.75) is 90.1 Å². The van der Waals surface area contributed by atoms with Crippen LogP contribution in [0.25, 0.3) is 0 Å². The van der Waals surface area contributed by atoms with Gasteiger partial charge in [0.2, 0.25) is 0 Å². The Labute approximate surface area is 164 Å². The zero-order valence-corrected chi connectivity index (χ0v) is 17.5. The monoisotopic (exact) mass is 384 g/mol. The van der Waals surface area contributed by atoms with E-state index in [1.165, 1.54) is 0 Å². The van der Waals surface area contributed by atoms with Crippen LogP contribution in [-0.4, -0.2) is 36.3 Å². The lowest BCUT2D eigenvalue weighted by molar-refractivity contribution is -0.250. The molecular formula is C21H36O4S. The Bertz CT molecular complexity index is 522. The van der Waals surface area contributed by atoms with Crippen molar-refractivity contribution in [2.24, 2.45) is 28.6 Å². The lowest BCUT2D eigenvalue weighted by Crippen LogP contribution is -2.57. The van der Waals surface area contributed by atoms with E-state index in [0.29, 0.717) is 25.0 Å². The van der Waals surface area contributed by atoms with Crippen LogP contribution in [0.4, 0.5) is 0 Å². The largest absolute Gasteiger partial charge is 0.393 e. The number of hydrogen-bond acceptors (Lipinski definition) is 5. The number of aliphatic hydroxyl groups excluding tert-OH is 1. The smallest absolute Gasteiger partial charge is 0.174 e. The molecule has 1 heterocycles. The first-order chi connectivity index (χ1) is 12.4. The number of aliphatic hydroxyl groups is 1. The average molecular weight is 385 g/mol. The average Bonchev–Trinajstić information content (AvgIpc) is 3.23. The maximum absolute atomic E-state index is 11.5. The molecule has 4 fully saturated rings. The number of ether oxygens (including phenoxy) is 2. The van der Waals surface area contributed by atoms with Gasteiger partial charge in [0.25, 0.3) is 0 Å². The van der Waals surface area contributed by atoms with Gasteiger partial charge in [0.05, 0.1) is 25.4 Å². The van der Waals surface area contributed by atoms with Crippen LogP contribution < -0.4 is 0 Å². The van der Waals surface area contributed by atoms with E-state index >= 15 is 0 Å². The minimum absolute atomic E-state index is 0.0527. The van der Waals surface area contributed by atoms with Crippen molar-refractivity contribution in [1.82, 2.24) is 0 Å². The Morgan fingerprint density at radius 2 is 1.73 bits per heavy atom. The van der Waals surface area contributed by atoms with E-state index in [2.05, 4.69) is 33.7 Å². The molecule has 0 aromatic carbocycles. The Kier molecular flexibility index (Phi) is 5.18. The lowest BCUT2D eigenvalue weighted by Gasteiger charge is -2.56.